The molecule has 3 N–H and O–H groups in total. The van der Waals surface area contributed by atoms with E-state index in [0.29, 0.717) is 30.6 Å². The fraction of sp³-hybridized carbons (Fsp3) is 0.357. The first-order valence-electron chi connectivity index (χ1n) is 6.43. The summed E-state index contributed by atoms with van der Waals surface area (Å²) in [5.41, 5.74) is 1.07. The Balaban J connectivity index is 2.04. The number of hydrogen-bond acceptors (Lipinski definition) is 3. The van der Waals surface area contributed by atoms with Gasteiger partial charge in [-0.05, 0) is 18.1 Å². The Morgan fingerprint density at radius 1 is 1.35 bits per heavy atom. The van der Waals surface area contributed by atoms with Crippen LogP contribution in [0.5, 0.6) is 0 Å². The molecule has 20 heavy (non-hydrogen) atoms. The fourth-order valence-electron chi connectivity index (χ4n) is 2.15. The van der Waals surface area contributed by atoms with E-state index < -0.39 is 5.97 Å². The monoisotopic (exact) mass is 276 g/mol. The number of para-hydroxylation sites is 1. The van der Waals surface area contributed by atoms with E-state index in [4.69, 9.17) is 5.11 Å². The Morgan fingerprint density at radius 2 is 2.10 bits per heavy atom. The molecule has 1 heterocycles. The number of carbonyl (C=O) groups is 3. The lowest BCUT2D eigenvalue weighted by Gasteiger charge is -2.22. The highest BCUT2D eigenvalue weighted by Crippen LogP contribution is 2.19. The van der Waals surface area contributed by atoms with Crippen molar-refractivity contribution in [3.05, 3.63) is 29.8 Å². The SMILES string of the molecule is O=C(O)Cc1ccccc1NC(=O)C1CCC(=O)NC1. The average molecular weight is 276 g/mol. The normalized spacial score (nSPS) is 18.2. The molecule has 1 aromatic carbocycles. The van der Waals surface area contributed by atoms with Crippen LogP contribution in [0.2, 0.25) is 0 Å². The van der Waals surface area contributed by atoms with E-state index in [9.17, 15) is 14.4 Å². The minimum Gasteiger partial charge on any atom is -0.481 e. The number of rotatable bonds is 4. The van der Waals surface area contributed by atoms with E-state index in [1.807, 2.05) is 0 Å². The molecule has 1 aromatic rings. The number of aliphatic carboxylic acids is 1. The summed E-state index contributed by atoms with van der Waals surface area (Å²) < 4.78 is 0. The highest BCUT2D eigenvalue weighted by molar-refractivity contribution is 5.95. The lowest BCUT2D eigenvalue weighted by molar-refractivity contribution is -0.136. The predicted molar refractivity (Wildman–Crippen MR) is 72.1 cm³/mol. The first kappa shape index (κ1) is 14.0. The summed E-state index contributed by atoms with van der Waals surface area (Å²) in [6, 6.07) is 6.82. The molecule has 2 amide bonds. The second-order valence-corrected chi connectivity index (χ2v) is 4.76. The van der Waals surface area contributed by atoms with Crippen molar-refractivity contribution >= 4 is 23.5 Å². The molecule has 1 saturated heterocycles. The number of hydrogen-bond donors (Lipinski definition) is 3. The van der Waals surface area contributed by atoms with Crippen LogP contribution in [0.15, 0.2) is 24.3 Å². The smallest absolute Gasteiger partial charge is 0.307 e. The van der Waals surface area contributed by atoms with Gasteiger partial charge in [-0.25, -0.2) is 0 Å². The number of nitrogens with one attached hydrogen (secondary N) is 2. The minimum atomic E-state index is -0.948. The number of carboxylic acids is 1. The lowest BCUT2D eigenvalue weighted by Crippen LogP contribution is -2.40. The number of amides is 2. The molecule has 0 aromatic heterocycles. The van der Waals surface area contributed by atoms with Gasteiger partial charge in [0, 0.05) is 18.7 Å². The van der Waals surface area contributed by atoms with Gasteiger partial charge >= 0.3 is 5.97 Å². The molecule has 1 atom stereocenters. The van der Waals surface area contributed by atoms with Crippen LogP contribution < -0.4 is 10.6 Å². The van der Waals surface area contributed by atoms with Gasteiger partial charge in [0.05, 0.1) is 12.3 Å². The Kier molecular flexibility index (Phi) is 4.34. The summed E-state index contributed by atoms with van der Waals surface area (Å²) in [6.45, 7) is 0.325. The first-order chi connectivity index (χ1) is 9.56. The maximum Gasteiger partial charge on any atom is 0.307 e. The summed E-state index contributed by atoms with van der Waals surface area (Å²) in [6.07, 6.45) is 0.714. The third kappa shape index (κ3) is 3.57. The van der Waals surface area contributed by atoms with Crippen molar-refractivity contribution in [2.24, 2.45) is 5.92 Å². The molecular formula is C14H16N2O4. The van der Waals surface area contributed by atoms with Gasteiger partial charge in [0.15, 0.2) is 0 Å². The summed E-state index contributed by atoms with van der Waals surface area (Å²) in [7, 11) is 0. The van der Waals surface area contributed by atoms with Gasteiger partial charge in [-0.15, -0.1) is 0 Å². The van der Waals surface area contributed by atoms with Gasteiger partial charge in [0.1, 0.15) is 0 Å². The van der Waals surface area contributed by atoms with E-state index in [0.717, 1.165) is 0 Å². The third-order valence-corrected chi connectivity index (χ3v) is 3.25. The van der Waals surface area contributed by atoms with Gasteiger partial charge in [-0.3, -0.25) is 14.4 Å². The minimum absolute atomic E-state index is 0.0414. The van der Waals surface area contributed by atoms with Crippen LogP contribution in [0, 0.1) is 5.92 Å². The molecule has 0 bridgehead atoms. The zero-order chi connectivity index (χ0) is 14.5. The lowest BCUT2D eigenvalue weighted by atomic mass is 9.98. The second-order valence-electron chi connectivity index (χ2n) is 4.76. The van der Waals surface area contributed by atoms with Gasteiger partial charge in [-0.2, -0.15) is 0 Å². The molecule has 0 radical (unpaired) electrons. The van der Waals surface area contributed by atoms with E-state index in [2.05, 4.69) is 10.6 Å². The van der Waals surface area contributed by atoms with E-state index in [-0.39, 0.29) is 24.2 Å². The molecule has 1 fully saturated rings. The van der Waals surface area contributed by atoms with Crippen LogP contribution >= 0.6 is 0 Å². The maximum absolute atomic E-state index is 12.1. The zero-order valence-corrected chi connectivity index (χ0v) is 10.9. The summed E-state index contributed by atoms with van der Waals surface area (Å²) in [5.74, 6) is -1.45. The molecule has 0 spiro atoms. The van der Waals surface area contributed by atoms with Crippen molar-refractivity contribution in [2.75, 3.05) is 11.9 Å². The number of carboxylic acid groups (broad SMARTS) is 1. The Bertz CT molecular complexity index is 532. The Morgan fingerprint density at radius 3 is 2.75 bits per heavy atom. The van der Waals surface area contributed by atoms with Gasteiger partial charge in [0.25, 0.3) is 0 Å². The molecular weight excluding hydrogens is 260 g/mol. The standard InChI is InChI=1S/C14H16N2O4/c17-12-6-5-10(8-15-12)14(20)16-11-4-2-1-3-9(11)7-13(18)19/h1-4,10H,5-8H2,(H,15,17)(H,16,20)(H,18,19). The summed E-state index contributed by atoms with van der Waals surface area (Å²) in [5, 5.41) is 14.2. The molecule has 6 nitrogen and oxygen atoms in total. The molecule has 1 unspecified atom stereocenters. The van der Waals surface area contributed by atoms with Crippen LogP contribution in [0.4, 0.5) is 5.69 Å². The van der Waals surface area contributed by atoms with Crippen LogP contribution in [-0.2, 0) is 20.8 Å². The maximum atomic E-state index is 12.1. The zero-order valence-electron chi connectivity index (χ0n) is 10.9. The van der Waals surface area contributed by atoms with Crippen molar-refractivity contribution in [3.8, 4) is 0 Å². The van der Waals surface area contributed by atoms with E-state index >= 15 is 0 Å². The van der Waals surface area contributed by atoms with Gasteiger partial charge in [0.2, 0.25) is 11.8 Å². The van der Waals surface area contributed by atoms with Gasteiger partial charge in [-0.1, -0.05) is 18.2 Å². The van der Waals surface area contributed by atoms with Crippen LogP contribution in [0.25, 0.3) is 0 Å². The molecule has 0 aliphatic carbocycles. The molecule has 2 rings (SSSR count). The summed E-state index contributed by atoms with van der Waals surface area (Å²) >= 11 is 0. The second kappa shape index (κ2) is 6.18. The van der Waals surface area contributed by atoms with Crippen LogP contribution in [-0.4, -0.2) is 29.4 Å². The number of piperidine rings is 1. The van der Waals surface area contributed by atoms with Crippen LogP contribution in [0.1, 0.15) is 18.4 Å². The number of anilines is 1. The Labute approximate surface area is 116 Å². The van der Waals surface area contributed by atoms with E-state index in [1.54, 1.807) is 24.3 Å². The average Bonchev–Trinajstić information content (AvgIpc) is 2.41. The highest BCUT2D eigenvalue weighted by atomic mass is 16.4. The Hall–Kier alpha value is -2.37. The highest BCUT2D eigenvalue weighted by Gasteiger charge is 2.24. The molecule has 6 heteroatoms. The largest absolute Gasteiger partial charge is 0.481 e. The number of carbonyl (C=O) groups excluding carboxylic acids is 2. The van der Waals surface area contributed by atoms with Crippen molar-refractivity contribution in [3.63, 3.8) is 0 Å². The molecule has 1 aliphatic rings. The van der Waals surface area contributed by atoms with E-state index in [1.165, 1.54) is 0 Å². The summed E-state index contributed by atoms with van der Waals surface area (Å²) in [4.78, 5) is 33.9. The topological polar surface area (TPSA) is 95.5 Å². The molecule has 106 valence electrons. The first-order valence-corrected chi connectivity index (χ1v) is 6.43. The predicted octanol–water partition coefficient (Wildman–Crippen LogP) is 0.778. The van der Waals surface area contributed by atoms with Crippen molar-refractivity contribution in [1.29, 1.82) is 0 Å². The third-order valence-electron chi connectivity index (χ3n) is 3.25. The molecule has 1 aliphatic heterocycles. The quantitative estimate of drug-likeness (QED) is 0.757. The van der Waals surface area contributed by atoms with Crippen molar-refractivity contribution in [1.82, 2.24) is 5.32 Å². The van der Waals surface area contributed by atoms with Gasteiger partial charge < -0.3 is 15.7 Å². The molecule has 0 saturated carbocycles. The number of benzene rings is 1. The van der Waals surface area contributed by atoms with Crippen LogP contribution in [0.3, 0.4) is 0 Å². The van der Waals surface area contributed by atoms with Crippen molar-refractivity contribution in [2.45, 2.75) is 19.3 Å². The fourth-order valence-corrected chi connectivity index (χ4v) is 2.15. The van der Waals surface area contributed by atoms with Crippen molar-refractivity contribution < 1.29 is 19.5 Å².